The Morgan fingerprint density at radius 3 is 2.47 bits per heavy atom. The second-order valence-electron chi connectivity index (χ2n) is 5.34. The monoisotopic (exact) mass is 239 g/mol. The van der Waals surface area contributed by atoms with Crippen molar-refractivity contribution in [3.8, 4) is 0 Å². The lowest BCUT2D eigenvalue weighted by atomic mass is 10.1. The Labute approximate surface area is 102 Å². The maximum absolute atomic E-state index is 9.76. The number of β-amino-alcohol motifs (C(OH)–C–C–N with tert-alkyl or cyclic N) is 1. The van der Waals surface area contributed by atoms with Crippen molar-refractivity contribution in [3.05, 3.63) is 18.0 Å². The molecule has 5 heteroatoms. The zero-order chi connectivity index (χ0) is 12.3. The molecule has 0 aromatic carbocycles. The molecular formula is C12H21N3O2. The minimum Gasteiger partial charge on any atom is -0.389 e. The zero-order valence-corrected chi connectivity index (χ0v) is 10.6. The third-order valence-electron chi connectivity index (χ3n) is 2.95. The van der Waals surface area contributed by atoms with Crippen LogP contribution in [0.4, 0.5) is 0 Å². The lowest BCUT2D eigenvalue weighted by Crippen LogP contribution is -2.50. The van der Waals surface area contributed by atoms with Crippen molar-refractivity contribution in [1.29, 1.82) is 0 Å². The van der Waals surface area contributed by atoms with E-state index < -0.39 is 5.60 Å². The van der Waals surface area contributed by atoms with E-state index in [0.29, 0.717) is 0 Å². The predicted molar refractivity (Wildman–Crippen MR) is 64.5 cm³/mol. The smallest absolute Gasteiger partial charge is 0.150 e. The van der Waals surface area contributed by atoms with Gasteiger partial charge in [-0.1, -0.05) is 5.16 Å². The zero-order valence-electron chi connectivity index (χ0n) is 10.6. The molecule has 0 bridgehead atoms. The van der Waals surface area contributed by atoms with E-state index in [0.717, 1.165) is 45.0 Å². The van der Waals surface area contributed by atoms with Crippen LogP contribution in [0.25, 0.3) is 0 Å². The van der Waals surface area contributed by atoms with Crippen LogP contribution in [-0.2, 0) is 6.54 Å². The highest BCUT2D eigenvalue weighted by Gasteiger charge is 2.22. The first-order valence-electron chi connectivity index (χ1n) is 6.09. The Hall–Kier alpha value is -0.910. The van der Waals surface area contributed by atoms with Gasteiger partial charge in [0.15, 0.2) is 5.76 Å². The second kappa shape index (κ2) is 5.16. The maximum atomic E-state index is 9.76. The topological polar surface area (TPSA) is 52.7 Å². The molecule has 1 fully saturated rings. The molecule has 17 heavy (non-hydrogen) atoms. The minimum atomic E-state index is -0.604. The summed E-state index contributed by atoms with van der Waals surface area (Å²) in [5.41, 5.74) is -0.604. The number of aromatic nitrogens is 1. The van der Waals surface area contributed by atoms with Crippen molar-refractivity contribution in [3.63, 3.8) is 0 Å². The average molecular weight is 239 g/mol. The Balaban J connectivity index is 1.74. The molecule has 1 aliphatic heterocycles. The molecule has 0 aliphatic carbocycles. The van der Waals surface area contributed by atoms with Crippen molar-refractivity contribution in [2.75, 3.05) is 32.7 Å². The summed E-state index contributed by atoms with van der Waals surface area (Å²) < 4.78 is 5.10. The maximum Gasteiger partial charge on any atom is 0.150 e. The molecular weight excluding hydrogens is 218 g/mol. The Morgan fingerprint density at radius 2 is 1.94 bits per heavy atom. The molecule has 0 atom stereocenters. The van der Waals surface area contributed by atoms with Gasteiger partial charge in [0.2, 0.25) is 0 Å². The summed E-state index contributed by atoms with van der Waals surface area (Å²) >= 11 is 0. The van der Waals surface area contributed by atoms with Crippen LogP contribution in [0, 0.1) is 0 Å². The number of aliphatic hydroxyl groups is 1. The summed E-state index contributed by atoms with van der Waals surface area (Å²) in [6, 6.07) is 1.91. The Kier molecular flexibility index (Phi) is 3.81. The first kappa shape index (κ1) is 12.5. The molecule has 5 nitrogen and oxygen atoms in total. The normalized spacial score (nSPS) is 19.7. The fraction of sp³-hybridized carbons (Fsp3) is 0.750. The first-order valence-corrected chi connectivity index (χ1v) is 6.09. The van der Waals surface area contributed by atoms with Gasteiger partial charge in [-0.15, -0.1) is 0 Å². The average Bonchev–Trinajstić information content (AvgIpc) is 2.71. The summed E-state index contributed by atoms with van der Waals surface area (Å²) in [6.07, 6.45) is 1.68. The summed E-state index contributed by atoms with van der Waals surface area (Å²) in [5.74, 6) is 0.918. The Morgan fingerprint density at radius 1 is 1.29 bits per heavy atom. The largest absolute Gasteiger partial charge is 0.389 e. The molecule has 1 aromatic rings. The van der Waals surface area contributed by atoms with E-state index in [1.807, 2.05) is 19.9 Å². The predicted octanol–water partition coefficient (Wildman–Crippen LogP) is 0.563. The van der Waals surface area contributed by atoms with Crippen molar-refractivity contribution in [2.24, 2.45) is 0 Å². The van der Waals surface area contributed by atoms with E-state index in [4.69, 9.17) is 4.52 Å². The summed E-state index contributed by atoms with van der Waals surface area (Å²) in [5, 5.41) is 13.5. The molecule has 0 unspecified atom stereocenters. The van der Waals surface area contributed by atoms with Gasteiger partial charge in [-0.05, 0) is 13.8 Å². The van der Waals surface area contributed by atoms with E-state index in [-0.39, 0.29) is 0 Å². The fourth-order valence-corrected chi connectivity index (χ4v) is 2.20. The number of nitrogens with zero attached hydrogens (tertiary/aromatic N) is 3. The van der Waals surface area contributed by atoms with Crippen LogP contribution >= 0.6 is 0 Å². The lowest BCUT2D eigenvalue weighted by molar-refractivity contribution is 0.0156. The Bertz CT molecular complexity index is 324. The third kappa shape index (κ3) is 4.11. The van der Waals surface area contributed by atoms with E-state index in [1.54, 1.807) is 6.20 Å². The summed E-state index contributed by atoms with van der Waals surface area (Å²) in [7, 11) is 0. The van der Waals surface area contributed by atoms with Crippen LogP contribution in [0.5, 0.6) is 0 Å². The van der Waals surface area contributed by atoms with Gasteiger partial charge in [0, 0.05) is 38.8 Å². The number of piperazine rings is 1. The number of hydrogen-bond acceptors (Lipinski definition) is 5. The number of rotatable bonds is 4. The molecule has 96 valence electrons. The van der Waals surface area contributed by atoms with Crippen LogP contribution in [0.15, 0.2) is 16.8 Å². The van der Waals surface area contributed by atoms with Crippen molar-refractivity contribution >= 4 is 0 Å². The van der Waals surface area contributed by atoms with Gasteiger partial charge >= 0.3 is 0 Å². The van der Waals surface area contributed by atoms with E-state index in [1.165, 1.54) is 0 Å². The standard InChI is InChI=1S/C12H21N3O2/c1-12(2,16)10-15-7-5-14(6-8-15)9-11-3-4-13-17-11/h3-4,16H,5-10H2,1-2H3. The van der Waals surface area contributed by atoms with Gasteiger partial charge in [-0.25, -0.2) is 0 Å². The molecule has 1 aromatic heterocycles. The van der Waals surface area contributed by atoms with Crippen LogP contribution in [-0.4, -0.2) is 58.4 Å². The van der Waals surface area contributed by atoms with Crippen LogP contribution in [0.1, 0.15) is 19.6 Å². The van der Waals surface area contributed by atoms with E-state index in [2.05, 4.69) is 15.0 Å². The van der Waals surface area contributed by atoms with Gasteiger partial charge < -0.3 is 9.63 Å². The highest BCUT2D eigenvalue weighted by molar-refractivity contribution is 4.93. The molecule has 1 N–H and O–H groups in total. The summed E-state index contributed by atoms with van der Waals surface area (Å²) in [6.45, 7) is 9.30. The molecule has 0 saturated carbocycles. The fourth-order valence-electron chi connectivity index (χ4n) is 2.20. The van der Waals surface area contributed by atoms with Crippen LogP contribution < -0.4 is 0 Å². The molecule has 0 amide bonds. The van der Waals surface area contributed by atoms with Gasteiger partial charge in [0.05, 0.1) is 18.3 Å². The number of hydrogen-bond donors (Lipinski definition) is 1. The van der Waals surface area contributed by atoms with Gasteiger partial charge in [-0.3, -0.25) is 9.80 Å². The van der Waals surface area contributed by atoms with E-state index in [9.17, 15) is 5.11 Å². The van der Waals surface area contributed by atoms with Crippen molar-refractivity contribution in [2.45, 2.75) is 26.0 Å². The van der Waals surface area contributed by atoms with Crippen LogP contribution in [0.3, 0.4) is 0 Å². The van der Waals surface area contributed by atoms with Crippen molar-refractivity contribution in [1.82, 2.24) is 15.0 Å². The molecule has 0 spiro atoms. The molecule has 0 radical (unpaired) electrons. The molecule has 2 heterocycles. The highest BCUT2D eigenvalue weighted by atomic mass is 16.5. The quantitative estimate of drug-likeness (QED) is 0.832. The minimum absolute atomic E-state index is 0.604. The molecule has 2 rings (SSSR count). The van der Waals surface area contributed by atoms with Crippen LogP contribution in [0.2, 0.25) is 0 Å². The molecule has 1 aliphatic rings. The second-order valence-corrected chi connectivity index (χ2v) is 5.34. The summed E-state index contributed by atoms with van der Waals surface area (Å²) in [4.78, 5) is 4.65. The third-order valence-corrected chi connectivity index (χ3v) is 2.95. The lowest BCUT2D eigenvalue weighted by Gasteiger charge is -2.36. The van der Waals surface area contributed by atoms with Crippen molar-refractivity contribution < 1.29 is 9.63 Å². The highest BCUT2D eigenvalue weighted by Crippen LogP contribution is 2.11. The first-order chi connectivity index (χ1) is 8.03. The SMILES string of the molecule is CC(C)(O)CN1CCN(Cc2ccno2)CC1. The van der Waals surface area contributed by atoms with Gasteiger partial charge in [0.25, 0.3) is 0 Å². The van der Waals surface area contributed by atoms with Gasteiger partial charge in [-0.2, -0.15) is 0 Å². The van der Waals surface area contributed by atoms with E-state index >= 15 is 0 Å². The van der Waals surface area contributed by atoms with Gasteiger partial charge in [0.1, 0.15) is 0 Å². The molecule has 1 saturated heterocycles.